The van der Waals surface area contributed by atoms with E-state index < -0.39 is 35.6 Å². The Kier molecular flexibility index (Phi) is 7.50. The molecule has 1 fully saturated rings. The molecule has 2 aromatic carbocycles. The highest BCUT2D eigenvalue weighted by Crippen LogP contribution is 2.32. The highest BCUT2D eigenvalue weighted by Gasteiger charge is 2.45. The zero-order chi connectivity index (χ0) is 30.8. The second-order valence-corrected chi connectivity index (χ2v) is 10.2. The first-order valence-corrected chi connectivity index (χ1v) is 13.8. The zero-order valence-corrected chi connectivity index (χ0v) is 23.5. The lowest BCUT2D eigenvalue weighted by molar-refractivity contribution is -0.136. The summed E-state index contributed by atoms with van der Waals surface area (Å²) in [4.78, 5) is 77.1. The third-order valence-electron chi connectivity index (χ3n) is 7.29. The standard InChI is InChI=1S/C31H26N8O5/c1-17-7-8-19(14-23(17)37-31-33-13-11-21(36-31)18-4-3-12-32-15-18)35-26(41)16-34-22-6-2-5-20-27(22)30(44)39(29(20)43)24-9-10-25(40)38-28(24)42/h2-8,11-15,24,34H,9-10,16H2,1H3,(H,35,41)(H,33,36,37)(H,38,40,42). The summed E-state index contributed by atoms with van der Waals surface area (Å²) in [7, 11) is 0. The van der Waals surface area contributed by atoms with Gasteiger partial charge >= 0.3 is 0 Å². The third kappa shape index (κ3) is 5.57. The second-order valence-electron chi connectivity index (χ2n) is 10.2. The Morgan fingerprint density at radius 3 is 2.66 bits per heavy atom. The van der Waals surface area contributed by atoms with Gasteiger partial charge in [0, 0.05) is 47.6 Å². The SMILES string of the molecule is Cc1ccc(NC(=O)CNc2cccc3c2C(=O)N(C2CCC(=O)NC2=O)C3=O)cc1Nc1nccc(-c2cccnc2)n1. The summed E-state index contributed by atoms with van der Waals surface area (Å²) in [6, 6.07) is 14.5. The van der Waals surface area contributed by atoms with Crippen molar-refractivity contribution in [1.29, 1.82) is 0 Å². The first-order valence-electron chi connectivity index (χ1n) is 13.8. The van der Waals surface area contributed by atoms with E-state index >= 15 is 0 Å². The lowest BCUT2D eigenvalue weighted by atomic mass is 10.0. The fourth-order valence-corrected chi connectivity index (χ4v) is 5.09. The third-order valence-corrected chi connectivity index (χ3v) is 7.29. The van der Waals surface area contributed by atoms with Crippen molar-refractivity contribution in [3.05, 3.63) is 89.9 Å². The minimum atomic E-state index is -1.08. The normalized spacial score (nSPS) is 15.9. The van der Waals surface area contributed by atoms with Gasteiger partial charge in [-0.3, -0.25) is 39.2 Å². The molecule has 4 heterocycles. The molecule has 13 heteroatoms. The van der Waals surface area contributed by atoms with Gasteiger partial charge in [0.25, 0.3) is 11.8 Å². The molecule has 0 saturated carbocycles. The van der Waals surface area contributed by atoms with E-state index in [9.17, 15) is 24.0 Å². The lowest BCUT2D eigenvalue weighted by Gasteiger charge is -2.27. The van der Waals surface area contributed by atoms with Gasteiger partial charge in [-0.2, -0.15) is 0 Å². The van der Waals surface area contributed by atoms with E-state index in [2.05, 4.69) is 36.2 Å². The molecule has 0 spiro atoms. The van der Waals surface area contributed by atoms with Crippen LogP contribution in [-0.4, -0.2) is 62.0 Å². The molecule has 2 aromatic heterocycles. The first-order chi connectivity index (χ1) is 21.3. The molecule has 2 aliphatic heterocycles. The average molecular weight is 591 g/mol. The Balaban J connectivity index is 1.12. The number of benzene rings is 2. The van der Waals surface area contributed by atoms with E-state index in [1.807, 2.05) is 25.1 Å². The van der Waals surface area contributed by atoms with Crippen molar-refractivity contribution >= 4 is 52.5 Å². The van der Waals surface area contributed by atoms with Crippen molar-refractivity contribution < 1.29 is 24.0 Å². The number of pyridine rings is 1. The summed E-state index contributed by atoms with van der Waals surface area (Å²) >= 11 is 0. The number of anilines is 4. The van der Waals surface area contributed by atoms with Gasteiger partial charge in [0.15, 0.2) is 0 Å². The molecule has 4 aromatic rings. The van der Waals surface area contributed by atoms with E-state index in [0.717, 1.165) is 16.0 Å². The summed E-state index contributed by atoms with van der Waals surface area (Å²) < 4.78 is 0. The number of nitrogens with one attached hydrogen (secondary N) is 4. The van der Waals surface area contributed by atoms with E-state index in [4.69, 9.17) is 0 Å². The number of aryl methyl sites for hydroxylation is 1. The molecule has 1 atom stereocenters. The van der Waals surface area contributed by atoms with Crippen molar-refractivity contribution in [1.82, 2.24) is 25.2 Å². The molecule has 0 bridgehead atoms. The molecule has 1 saturated heterocycles. The van der Waals surface area contributed by atoms with Gasteiger partial charge in [0.05, 0.1) is 23.4 Å². The summed E-state index contributed by atoms with van der Waals surface area (Å²) in [6.07, 6.45) is 5.13. The molecule has 6 rings (SSSR count). The highest BCUT2D eigenvalue weighted by atomic mass is 16.2. The highest BCUT2D eigenvalue weighted by molar-refractivity contribution is 6.25. The Labute approximate surface area is 251 Å². The van der Waals surface area contributed by atoms with E-state index in [1.165, 1.54) is 6.07 Å². The van der Waals surface area contributed by atoms with Crippen LogP contribution in [0, 0.1) is 6.92 Å². The van der Waals surface area contributed by atoms with Gasteiger partial charge in [-0.05, 0) is 61.4 Å². The quantitative estimate of drug-likeness (QED) is 0.223. The molecule has 2 aliphatic rings. The summed E-state index contributed by atoms with van der Waals surface area (Å²) in [5.74, 6) is -2.44. The maximum atomic E-state index is 13.3. The Hall–Kier alpha value is -5.98. The molecule has 1 unspecified atom stereocenters. The number of aromatic nitrogens is 3. The summed E-state index contributed by atoms with van der Waals surface area (Å²) in [5, 5.41) is 11.1. The number of amides is 5. The van der Waals surface area contributed by atoms with Crippen molar-refractivity contribution in [2.24, 2.45) is 0 Å². The topological polar surface area (TPSA) is 175 Å². The van der Waals surface area contributed by atoms with Crippen LogP contribution in [0.15, 0.2) is 73.2 Å². The summed E-state index contributed by atoms with van der Waals surface area (Å²) in [6.45, 7) is 1.70. The molecule has 220 valence electrons. The number of carbonyl (C=O) groups is 5. The number of imide groups is 2. The number of fused-ring (bicyclic) bond motifs is 1. The lowest BCUT2D eigenvalue weighted by Crippen LogP contribution is -2.54. The number of nitrogens with zero attached hydrogens (tertiary/aromatic N) is 4. The van der Waals surface area contributed by atoms with Crippen LogP contribution in [0.1, 0.15) is 39.1 Å². The van der Waals surface area contributed by atoms with Crippen LogP contribution in [-0.2, 0) is 14.4 Å². The van der Waals surface area contributed by atoms with Crippen LogP contribution in [0.25, 0.3) is 11.3 Å². The maximum absolute atomic E-state index is 13.3. The molecule has 13 nitrogen and oxygen atoms in total. The van der Waals surface area contributed by atoms with Gasteiger partial charge < -0.3 is 16.0 Å². The molecule has 44 heavy (non-hydrogen) atoms. The van der Waals surface area contributed by atoms with Gasteiger partial charge in [-0.25, -0.2) is 9.97 Å². The molecular formula is C31H26N8O5. The van der Waals surface area contributed by atoms with Crippen LogP contribution in [0.4, 0.5) is 23.0 Å². The number of rotatable bonds is 8. The number of hydrogen-bond acceptors (Lipinski definition) is 10. The molecule has 5 amide bonds. The van der Waals surface area contributed by atoms with Gasteiger partial charge in [-0.15, -0.1) is 0 Å². The summed E-state index contributed by atoms with van der Waals surface area (Å²) in [5.41, 5.74) is 4.14. The van der Waals surface area contributed by atoms with Gasteiger partial charge in [0.1, 0.15) is 6.04 Å². The predicted octanol–water partition coefficient (Wildman–Crippen LogP) is 3.04. The fourth-order valence-electron chi connectivity index (χ4n) is 5.09. The molecule has 4 N–H and O–H groups in total. The Morgan fingerprint density at radius 1 is 1.00 bits per heavy atom. The van der Waals surface area contributed by atoms with Crippen LogP contribution in [0.2, 0.25) is 0 Å². The van der Waals surface area contributed by atoms with E-state index in [0.29, 0.717) is 23.0 Å². The van der Waals surface area contributed by atoms with Crippen LogP contribution in [0.3, 0.4) is 0 Å². The number of carbonyl (C=O) groups excluding carboxylic acids is 5. The van der Waals surface area contributed by atoms with Crippen LogP contribution >= 0.6 is 0 Å². The Bertz CT molecular complexity index is 1830. The molecule has 0 radical (unpaired) electrons. The van der Waals surface area contributed by atoms with Crippen molar-refractivity contribution in [2.45, 2.75) is 25.8 Å². The minimum Gasteiger partial charge on any atom is -0.375 e. The van der Waals surface area contributed by atoms with Crippen LogP contribution in [0.5, 0.6) is 0 Å². The fraction of sp³-hybridized carbons (Fsp3) is 0.161. The van der Waals surface area contributed by atoms with E-state index in [-0.39, 0.29) is 36.2 Å². The largest absolute Gasteiger partial charge is 0.375 e. The monoisotopic (exact) mass is 590 g/mol. The minimum absolute atomic E-state index is 0.0240. The smallest absolute Gasteiger partial charge is 0.264 e. The first kappa shape index (κ1) is 28.2. The maximum Gasteiger partial charge on any atom is 0.264 e. The van der Waals surface area contributed by atoms with Crippen molar-refractivity contribution in [3.8, 4) is 11.3 Å². The number of piperidine rings is 1. The van der Waals surface area contributed by atoms with Gasteiger partial charge in [0.2, 0.25) is 23.7 Å². The van der Waals surface area contributed by atoms with Crippen molar-refractivity contribution in [2.75, 3.05) is 22.5 Å². The van der Waals surface area contributed by atoms with Crippen molar-refractivity contribution in [3.63, 3.8) is 0 Å². The van der Waals surface area contributed by atoms with E-state index in [1.54, 1.807) is 48.9 Å². The molecular weight excluding hydrogens is 564 g/mol. The van der Waals surface area contributed by atoms with Gasteiger partial charge in [-0.1, -0.05) is 12.1 Å². The predicted molar refractivity (Wildman–Crippen MR) is 160 cm³/mol. The zero-order valence-electron chi connectivity index (χ0n) is 23.5. The molecule has 0 aliphatic carbocycles. The van der Waals surface area contributed by atoms with Crippen LogP contribution < -0.4 is 21.3 Å². The average Bonchev–Trinajstić information content (AvgIpc) is 3.28. The number of hydrogen-bond donors (Lipinski definition) is 4. The Morgan fingerprint density at radius 2 is 1.86 bits per heavy atom. The second kappa shape index (κ2) is 11.7.